The number of hydrogen-bond donors (Lipinski definition) is 1. The van der Waals surface area contributed by atoms with E-state index in [1.54, 1.807) is 0 Å². The van der Waals surface area contributed by atoms with Crippen LogP contribution in [0.25, 0.3) is 0 Å². The zero-order valence-electron chi connectivity index (χ0n) is 14.5. The molecule has 0 unspecified atom stereocenters. The number of benzene rings is 2. The Hall–Kier alpha value is -2.02. The summed E-state index contributed by atoms with van der Waals surface area (Å²) in [5.74, 6) is 0. The summed E-state index contributed by atoms with van der Waals surface area (Å²) in [4.78, 5) is 2.32. The van der Waals surface area contributed by atoms with Crippen molar-refractivity contribution in [2.24, 2.45) is 0 Å². The SMILES string of the molecule is CCN(Cc1ccccc1)Cn1nc(Nc2ccc(C)cc2)sc1=S. The predicted molar refractivity (Wildman–Crippen MR) is 108 cm³/mol. The largest absolute Gasteiger partial charge is 0.330 e. The minimum atomic E-state index is 0.691. The third kappa shape index (κ3) is 4.98. The summed E-state index contributed by atoms with van der Waals surface area (Å²) in [6.45, 7) is 6.75. The van der Waals surface area contributed by atoms with Crippen LogP contribution in [0.1, 0.15) is 18.1 Å². The molecule has 0 saturated heterocycles. The van der Waals surface area contributed by atoms with Gasteiger partial charge in [0.15, 0.2) is 3.95 Å². The number of rotatable bonds is 7. The normalized spacial score (nSPS) is 11.0. The second kappa shape index (κ2) is 8.38. The Kier molecular flexibility index (Phi) is 5.96. The number of aryl methyl sites for hydroxylation is 1. The topological polar surface area (TPSA) is 33.1 Å². The summed E-state index contributed by atoms with van der Waals surface area (Å²) >= 11 is 6.99. The number of aromatic nitrogens is 2. The summed E-state index contributed by atoms with van der Waals surface area (Å²) in [7, 11) is 0. The first-order valence-corrected chi connectivity index (χ1v) is 9.54. The van der Waals surface area contributed by atoms with Crippen LogP contribution in [0, 0.1) is 10.9 Å². The second-order valence-corrected chi connectivity index (χ2v) is 7.56. The van der Waals surface area contributed by atoms with Crippen molar-refractivity contribution in [1.29, 1.82) is 0 Å². The summed E-state index contributed by atoms with van der Waals surface area (Å²) in [5.41, 5.74) is 3.56. The molecule has 0 aliphatic carbocycles. The fourth-order valence-electron chi connectivity index (χ4n) is 2.50. The number of nitrogens with zero attached hydrogens (tertiary/aromatic N) is 3. The zero-order valence-corrected chi connectivity index (χ0v) is 16.1. The predicted octanol–water partition coefficient (Wildman–Crippen LogP) is 5.21. The molecule has 0 atom stereocenters. The zero-order chi connectivity index (χ0) is 17.6. The van der Waals surface area contributed by atoms with E-state index in [0.717, 1.165) is 27.9 Å². The lowest BCUT2D eigenvalue weighted by molar-refractivity contribution is 0.208. The molecule has 0 fully saturated rings. The first-order chi connectivity index (χ1) is 12.1. The molecule has 3 rings (SSSR count). The standard InChI is InChI=1S/C19H22N4S2/c1-3-22(13-16-7-5-4-6-8-16)14-23-19(24)25-18(21-23)20-17-11-9-15(2)10-12-17/h4-12H,3,13-14H2,1-2H3,(H,20,21). The van der Waals surface area contributed by atoms with Gasteiger partial charge in [-0.25, -0.2) is 4.68 Å². The molecule has 0 spiro atoms. The van der Waals surface area contributed by atoms with Gasteiger partial charge in [0.05, 0.1) is 6.67 Å². The minimum absolute atomic E-state index is 0.691. The van der Waals surface area contributed by atoms with E-state index in [1.807, 2.05) is 10.7 Å². The lowest BCUT2D eigenvalue weighted by Crippen LogP contribution is -2.26. The van der Waals surface area contributed by atoms with Crippen LogP contribution in [0.2, 0.25) is 0 Å². The van der Waals surface area contributed by atoms with Gasteiger partial charge in [-0.1, -0.05) is 66.3 Å². The monoisotopic (exact) mass is 370 g/mol. The molecule has 3 aromatic rings. The highest BCUT2D eigenvalue weighted by molar-refractivity contribution is 7.73. The maximum absolute atomic E-state index is 5.49. The van der Waals surface area contributed by atoms with Gasteiger partial charge in [0.25, 0.3) is 0 Å². The fraction of sp³-hybridized carbons (Fsp3) is 0.263. The summed E-state index contributed by atoms with van der Waals surface area (Å²) in [5, 5.41) is 8.79. The number of hydrogen-bond acceptors (Lipinski definition) is 5. The fourth-order valence-corrected chi connectivity index (χ4v) is 3.51. The Balaban J connectivity index is 1.68. The van der Waals surface area contributed by atoms with E-state index in [4.69, 9.17) is 12.2 Å². The molecule has 0 amide bonds. The van der Waals surface area contributed by atoms with Crippen molar-refractivity contribution in [2.75, 3.05) is 11.9 Å². The van der Waals surface area contributed by atoms with Crippen LogP contribution < -0.4 is 5.32 Å². The van der Waals surface area contributed by atoms with E-state index in [-0.39, 0.29) is 0 Å². The van der Waals surface area contributed by atoms with E-state index in [2.05, 4.69) is 77.7 Å². The Labute approximate surface area is 157 Å². The van der Waals surface area contributed by atoms with E-state index >= 15 is 0 Å². The molecule has 1 N–H and O–H groups in total. The van der Waals surface area contributed by atoms with Crippen LogP contribution in [-0.2, 0) is 13.2 Å². The molecular weight excluding hydrogens is 348 g/mol. The van der Waals surface area contributed by atoms with Gasteiger partial charge >= 0.3 is 0 Å². The molecule has 1 aromatic heterocycles. The summed E-state index contributed by atoms with van der Waals surface area (Å²) < 4.78 is 2.67. The van der Waals surface area contributed by atoms with E-state index < -0.39 is 0 Å². The van der Waals surface area contributed by atoms with Crippen LogP contribution in [0.3, 0.4) is 0 Å². The van der Waals surface area contributed by atoms with Gasteiger partial charge < -0.3 is 5.32 Å². The maximum Gasteiger partial charge on any atom is 0.209 e. The molecule has 0 saturated carbocycles. The van der Waals surface area contributed by atoms with E-state index in [0.29, 0.717) is 6.67 Å². The van der Waals surface area contributed by atoms with Gasteiger partial charge in [0, 0.05) is 12.2 Å². The lowest BCUT2D eigenvalue weighted by Gasteiger charge is -2.20. The maximum atomic E-state index is 5.49. The highest BCUT2D eigenvalue weighted by atomic mass is 32.1. The Morgan fingerprint density at radius 3 is 2.52 bits per heavy atom. The van der Waals surface area contributed by atoms with Crippen molar-refractivity contribution in [1.82, 2.24) is 14.7 Å². The molecule has 0 aliphatic heterocycles. The molecule has 130 valence electrons. The second-order valence-electron chi connectivity index (χ2n) is 5.94. The van der Waals surface area contributed by atoms with Crippen LogP contribution in [0.15, 0.2) is 54.6 Å². The number of nitrogens with one attached hydrogen (secondary N) is 1. The van der Waals surface area contributed by atoms with E-state index in [1.165, 1.54) is 22.5 Å². The average Bonchev–Trinajstić information content (AvgIpc) is 2.96. The summed E-state index contributed by atoms with van der Waals surface area (Å²) in [6.07, 6.45) is 0. The minimum Gasteiger partial charge on any atom is -0.330 e. The lowest BCUT2D eigenvalue weighted by atomic mass is 10.2. The molecule has 0 aliphatic rings. The van der Waals surface area contributed by atoms with Gasteiger partial charge in [-0.15, -0.1) is 5.10 Å². The Morgan fingerprint density at radius 1 is 1.12 bits per heavy atom. The third-order valence-electron chi connectivity index (χ3n) is 3.94. The molecule has 6 heteroatoms. The van der Waals surface area contributed by atoms with Crippen LogP contribution >= 0.6 is 23.6 Å². The van der Waals surface area contributed by atoms with Crippen LogP contribution in [0.4, 0.5) is 10.8 Å². The Bertz CT molecular complexity index is 853. The van der Waals surface area contributed by atoms with Crippen LogP contribution in [-0.4, -0.2) is 21.2 Å². The number of anilines is 2. The van der Waals surface area contributed by atoms with Crippen molar-refractivity contribution in [3.8, 4) is 0 Å². The molecule has 25 heavy (non-hydrogen) atoms. The van der Waals surface area contributed by atoms with Crippen molar-refractivity contribution in [3.63, 3.8) is 0 Å². The Morgan fingerprint density at radius 2 is 1.84 bits per heavy atom. The van der Waals surface area contributed by atoms with Gasteiger partial charge in [-0.3, -0.25) is 4.90 Å². The summed E-state index contributed by atoms with van der Waals surface area (Å²) in [6, 6.07) is 18.7. The highest BCUT2D eigenvalue weighted by Gasteiger charge is 2.09. The highest BCUT2D eigenvalue weighted by Crippen LogP contribution is 2.21. The van der Waals surface area contributed by atoms with Crippen molar-refractivity contribution in [2.45, 2.75) is 27.1 Å². The molecule has 0 radical (unpaired) electrons. The van der Waals surface area contributed by atoms with Gasteiger partial charge in [0.2, 0.25) is 5.13 Å². The molecular formula is C19H22N4S2. The molecule has 4 nitrogen and oxygen atoms in total. The third-order valence-corrected chi connectivity index (χ3v) is 5.16. The van der Waals surface area contributed by atoms with Crippen LogP contribution in [0.5, 0.6) is 0 Å². The molecule has 1 heterocycles. The van der Waals surface area contributed by atoms with Gasteiger partial charge in [0.1, 0.15) is 0 Å². The van der Waals surface area contributed by atoms with E-state index in [9.17, 15) is 0 Å². The molecule has 2 aromatic carbocycles. The van der Waals surface area contributed by atoms with Crippen molar-refractivity contribution >= 4 is 34.4 Å². The van der Waals surface area contributed by atoms with Crippen molar-refractivity contribution < 1.29 is 0 Å². The average molecular weight is 371 g/mol. The quantitative estimate of drug-likeness (QED) is 0.579. The first-order valence-electron chi connectivity index (χ1n) is 8.32. The van der Waals surface area contributed by atoms with Gasteiger partial charge in [-0.2, -0.15) is 0 Å². The first kappa shape index (κ1) is 17.8. The van der Waals surface area contributed by atoms with Crippen molar-refractivity contribution in [3.05, 3.63) is 69.7 Å². The smallest absolute Gasteiger partial charge is 0.209 e. The molecule has 0 bridgehead atoms. The van der Waals surface area contributed by atoms with Gasteiger partial charge in [-0.05, 0) is 43.4 Å².